The Labute approximate surface area is 129 Å². The Hall–Kier alpha value is -0.770. The lowest BCUT2D eigenvalue weighted by molar-refractivity contribution is 0.182. The smallest absolute Gasteiger partial charge is 0.0922 e. The van der Waals surface area contributed by atoms with Crippen molar-refractivity contribution in [2.24, 2.45) is 0 Å². The van der Waals surface area contributed by atoms with Gasteiger partial charge in [0.2, 0.25) is 0 Å². The highest BCUT2D eigenvalue weighted by Gasteiger charge is 2.18. The summed E-state index contributed by atoms with van der Waals surface area (Å²) in [6.45, 7) is 2.16. The van der Waals surface area contributed by atoms with Gasteiger partial charge in [0.15, 0.2) is 0 Å². The van der Waals surface area contributed by atoms with Gasteiger partial charge in [-0.15, -0.1) is 11.3 Å². The molecule has 1 nitrogen and oxygen atoms in total. The lowest BCUT2D eigenvalue weighted by Crippen LogP contribution is -1.99. The zero-order valence-corrected chi connectivity index (χ0v) is 13.4. The minimum absolute atomic E-state index is 0.358. The number of hydrogen-bond acceptors (Lipinski definition) is 3. The fourth-order valence-electron chi connectivity index (χ4n) is 2.57. The topological polar surface area (TPSA) is 20.2 Å². The van der Waals surface area contributed by atoms with Crippen molar-refractivity contribution in [3.63, 3.8) is 0 Å². The van der Waals surface area contributed by atoms with Crippen molar-refractivity contribution in [3.8, 4) is 0 Å². The molecule has 1 aromatic carbocycles. The normalized spacial score (nSPS) is 15.9. The van der Waals surface area contributed by atoms with Gasteiger partial charge in [0.25, 0.3) is 0 Å². The summed E-state index contributed by atoms with van der Waals surface area (Å²) in [6.07, 6.45) is 2.60. The van der Waals surface area contributed by atoms with Gasteiger partial charge in [0, 0.05) is 21.9 Å². The zero-order chi connectivity index (χ0) is 13.9. The summed E-state index contributed by atoms with van der Waals surface area (Å²) >= 11 is 3.80. The van der Waals surface area contributed by atoms with Crippen LogP contribution in [-0.4, -0.2) is 10.9 Å². The molecular weight excluding hydrogens is 284 g/mol. The van der Waals surface area contributed by atoms with Crippen LogP contribution in [0.1, 0.15) is 39.5 Å². The molecule has 1 aliphatic rings. The van der Waals surface area contributed by atoms with Crippen LogP contribution in [0, 0.1) is 0 Å². The third-order valence-electron chi connectivity index (χ3n) is 3.84. The van der Waals surface area contributed by atoms with Crippen LogP contribution in [0.25, 0.3) is 0 Å². The van der Waals surface area contributed by atoms with E-state index in [0.29, 0.717) is 0 Å². The van der Waals surface area contributed by atoms with Gasteiger partial charge in [-0.25, -0.2) is 0 Å². The van der Waals surface area contributed by atoms with Gasteiger partial charge in [-0.2, -0.15) is 11.8 Å². The summed E-state index contributed by atoms with van der Waals surface area (Å²) in [6, 6.07) is 10.8. The summed E-state index contributed by atoms with van der Waals surface area (Å²) in [5, 5.41) is 10.5. The number of fused-ring (bicyclic) bond motifs is 1. The molecule has 1 aromatic heterocycles. The number of thioether (sulfide) groups is 1. The highest BCUT2D eigenvalue weighted by Crippen LogP contribution is 2.35. The number of aliphatic hydroxyl groups is 1. The van der Waals surface area contributed by atoms with E-state index in [4.69, 9.17) is 0 Å². The van der Waals surface area contributed by atoms with Crippen molar-refractivity contribution >= 4 is 23.1 Å². The van der Waals surface area contributed by atoms with Crippen molar-refractivity contribution in [2.45, 2.75) is 38.0 Å². The van der Waals surface area contributed by atoms with Crippen molar-refractivity contribution in [1.82, 2.24) is 0 Å². The molecule has 0 amide bonds. The molecule has 0 fully saturated rings. The molecule has 1 aliphatic heterocycles. The van der Waals surface area contributed by atoms with E-state index in [1.54, 1.807) is 0 Å². The van der Waals surface area contributed by atoms with Crippen LogP contribution in [0.5, 0.6) is 0 Å². The van der Waals surface area contributed by atoms with Gasteiger partial charge in [0.1, 0.15) is 0 Å². The third kappa shape index (κ3) is 3.11. The van der Waals surface area contributed by atoms with Gasteiger partial charge in [-0.05, 0) is 41.4 Å². The van der Waals surface area contributed by atoms with E-state index in [2.05, 4.69) is 37.3 Å². The summed E-state index contributed by atoms with van der Waals surface area (Å²) in [4.78, 5) is 2.62. The molecule has 0 bridgehead atoms. The summed E-state index contributed by atoms with van der Waals surface area (Å²) in [5.74, 6) is 2.34. The van der Waals surface area contributed by atoms with E-state index >= 15 is 0 Å². The number of benzene rings is 1. The van der Waals surface area contributed by atoms with Crippen molar-refractivity contribution in [1.29, 1.82) is 0 Å². The van der Waals surface area contributed by atoms with Gasteiger partial charge < -0.3 is 5.11 Å². The van der Waals surface area contributed by atoms with Crippen LogP contribution in [0.2, 0.25) is 0 Å². The van der Waals surface area contributed by atoms with Gasteiger partial charge >= 0.3 is 0 Å². The van der Waals surface area contributed by atoms with E-state index in [9.17, 15) is 5.11 Å². The van der Waals surface area contributed by atoms with E-state index in [1.165, 1.54) is 33.7 Å². The lowest BCUT2D eigenvalue weighted by atomic mass is 10.0. The van der Waals surface area contributed by atoms with Crippen LogP contribution in [-0.2, 0) is 25.0 Å². The summed E-state index contributed by atoms with van der Waals surface area (Å²) in [5.41, 5.74) is 4.02. The molecule has 20 heavy (non-hydrogen) atoms. The van der Waals surface area contributed by atoms with Crippen LogP contribution in [0.15, 0.2) is 30.3 Å². The minimum atomic E-state index is -0.358. The molecule has 106 valence electrons. The first-order chi connectivity index (χ1) is 9.76. The first-order valence-corrected chi connectivity index (χ1v) is 9.18. The molecular formula is C17H20OS2. The predicted molar refractivity (Wildman–Crippen MR) is 88.7 cm³/mol. The molecule has 3 rings (SSSR count). The predicted octanol–water partition coefficient (Wildman–Crippen LogP) is 4.38. The fraction of sp³-hybridized carbons (Fsp3) is 0.412. The first kappa shape index (κ1) is 14.2. The zero-order valence-electron chi connectivity index (χ0n) is 11.8. The second-order valence-corrected chi connectivity index (χ2v) is 7.56. The maximum absolute atomic E-state index is 10.5. The van der Waals surface area contributed by atoms with Crippen LogP contribution in [0.4, 0.5) is 0 Å². The standard InChI is InChI=1S/C17H20OS2/c1-2-12-3-5-13(6-4-12)9-15(18)17-10-14-11-19-8-7-16(14)20-17/h3-6,10,15,18H,2,7-9,11H2,1H3. The number of aryl methyl sites for hydroxylation is 2. The quantitative estimate of drug-likeness (QED) is 0.905. The van der Waals surface area contributed by atoms with Gasteiger partial charge in [-0.3, -0.25) is 0 Å². The maximum Gasteiger partial charge on any atom is 0.0922 e. The van der Waals surface area contributed by atoms with Crippen molar-refractivity contribution in [2.75, 3.05) is 5.75 Å². The largest absolute Gasteiger partial charge is 0.387 e. The van der Waals surface area contributed by atoms with Crippen LogP contribution in [0.3, 0.4) is 0 Å². The van der Waals surface area contributed by atoms with Crippen molar-refractivity contribution < 1.29 is 5.11 Å². The molecule has 3 heteroatoms. The van der Waals surface area contributed by atoms with E-state index in [-0.39, 0.29) is 6.10 Å². The van der Waals surface area contributed by atoms with Gasteiger partial charge in [0.05, 0.1) is 6.10 Å². The number of hydrogen-bond donors (Lipinski definition) is 1. The van der Waals surface area contributed by atoms with E-state index in [0.717, 1.165) is 23.5 Å². The highest BCUT2D eigenvalue weighted by atomic mass is 32.2. The molecule has 0 saturated carbocycles. The number of aliphatic hydroxyl groups excluding tert-OH is 1. The van der Waals surface area contributed by atoms with E-state index in [1.807, 2.05) is 23.1 Å². The Bertz CT molecular complexity index is 548. The number of rotatable bonds is 4. The Morgan fingerprint density at radius 2 is 1.95 bits per heavy atom. The lowest BCUT2D eigenvalue weighted by Gasteiger charge is -2.09. The van der Waals surface area contributed by atoms with Crippen LogP contribution >= 0.6 is 23.1 Å². The maximum atomic E-state index is 10.5. The first-order valence-electron chi connectivity index (χ1n) is 7.21. The van der Waals surface area contributed by atoms with E-state index < -0.39 is 0 Å². The molecule has 0 spiro atoms. The molecule has 0 aliphatic carbocycles. The monoisotopic (exact) mass is 304 g/mol. The SMILES string of the molecule is CCc1ccc(CC(O)c2cc3c(s2)CCSC3)cc1. The fourth-order valence-corrected chi connectivity index (χ4v) is 4.93. The second-order valence-electron chi connectivity index (χ2n) is 5.29. The molecule has 2 aromatic rings. The van der Waals surface area contributed by atoms with Gasteiger partial charge in [-0.1, -0.05) is 31.2 Å². The molecule has 1 N–H and O–H groups in total. The average Bonchev–Trinajstić information content (AvgIpc) is 2.92. The highest BCUT2D eigenvalue weighted by molar-refractivity contribution is 7.98. The molecule has 1 atom stereocenters. The molecule has 0 saturated heterocycles. The molecule has 0 radical (unpaired) electrons. The Balaban J connectivity index is 1.71. The second kappa shape index (κ2) is 6.33. The third-order valence-corrected chi connectivity index (χ3v) is 6.18. The van der Waals surface area contributed by atoms with Crippen LogP contribution < -0.4 is 0 Å². The van der Waals surface area contributed by atoms with Crippen molar-refractivity contribution in [3.05, 3.63) is 56.8 Å². The molecule has 1 unspecified atom stereocenters. The number of thiophene rings is 1. The summed E-state index contributed by atoms with van der Waals surface area (Å²) < 4.78 is 0. The minimum Gasteiger partial charge on any atom is -0.387 e. The Morgan fingerprint density at radius 3 is 2.65 bits per heavy atom. The molecule has 2 heterocycles. The Morgan fingerprint density at radius 1 is 1.20 bits per heavy atom. The summed E-state index contributed by atoms with van der Waals surface area (Å²) in [7, 11) is 0. The average molecular weight is 304 g/mol. The Kier molecular flexibility index (Phi) is 4.49.